The fraction of sp³-hybridized carbons (Fsp3) is 0.562. The van der Waals surface area contributed by atoms with Crippen molar-refractivity contribution in [2.75, 3.05) is 13.2 Å². The normalized spacial score (nSPS) is 19.4. The van der Waals surface area contributed by atoms with Crippen molar-refractivity contribution in [1.29, 1.82) is 0 Å². The van der Waals surface area contributed by atoms with Crippen LogP contribution in [0, 0.1) is 0 Å². The molecule has 0 unspecified atom stereocenters. The number of aliphatic imine (C=N–C) groups is 1. The number of isocyanates is 1. The molecule has 2 aliphatic rings. The lowest BCUT2D eigenvalue weighted by Crippen LogP contribution is -2.23. The summed E-state index contributed by atoms with van der Waals surface area (Å²) >= 11 is 0. The highest BCUT2D eigenvalue weighted by Gasteiger charge is 2.38. The molecule has 106 valence electrons. The summed E-state index contributed by atoms with van der Waals surface area (Å²) in [7, 11) is 0. The summed E-state index contributed by atoms with van der Waals surface area (Å²) in [4.78, 5) is 15.1. The Bertz CT molecular complexity index is 555. The smallest absolute Gasteiger partial charge is 0.235 e. The van der Waals surface area contributed by atoms with Gasteiger partial charge in [-0.3, -0.25) is 0 Å². The third kappa shape index (κ3) is 2.01. The number of benzene rings is 1. The van der Waals surface area contributed by atoms with Crippen molar-refractivity contribution in [3.8, 4) is 11.5 Å². The van der Waals surface area contributed by atoms with Gasteiger partial charge in [-0.05, 0) is 30.9 Å². The minimum atomic E-state index is -0.400. The number of hydrogen-bond donors (Lipinski definition) is 0. The SMILES string of the molecule is CCc1c(C2(N=C=O)CCCC2)ccc2c1OCCO2. The molecule has 0 aromatic heterocycles. The van der Waals surface area contributed by atoms with Crippen LogP contribution in [0.1, 0.15) is 43.7 Å². The average molecular weight is 273 g/mol. The molecule has 1 aliphatic carbocycles. The monoisotopic (exact) mass is 273 g/mol. The zero-order valence-electron chi connectivity index (χ0n) is 11.8. The Hall–Kier alpha value is -1.80. The van der Waals surface area contributed by atoms with Crippen molar-refractivity contribution < 1.29 is 14.3 Å². The predicted octanol–water partition coefficient (Wildman–Crippen LogP) is 3.13. The number of fused-ring (bicyclic) bond motifs is 1. The fourth-order valence-electron chi connectivity index (χ4n) is 3.45. The number of ether oxygens (including phenoxy) is 2. The van der Waals surface area contributed by atoms with Crippen LogP contribution in [0.2, 0.25) is 0 Å². The molecule has 0 atom stereocenters. The Labute approximate surface area is 118 Å². The molecule has 0 N–H and O–H groups in total. The molecule has 0 radical (unpaired) electrons. The molecule has 1 heterocycles. The molecule has 1 fully saturated rings. The number of rotatable bonds is 3. The van der Waals surface area contributed by atoms with Gasteiger partial charge in [-0.1, -0.05) is 25.8 Å². The predicted molar refractivity (Wildman–Crippen MR) is 75.1 cm³/mol. The van der Waals surface area contributed by atoms with E-state index in [0.29, 0.717) is 13.2 Å². The highest BCUT2D eigenvalue weighted by molar-refractivity contribution is 5.54. The van der Waals surface area contributed by atoms with Crippen molar-refractivity contribution in [3.63, 3.8) is 0 Å². The van der Waals surface area contributed by atoms with Gasteiger partial charge in [0.05, 0.1) is 5.54 Å². The molecule has 1 saturated carbocycles. The third-order valence-corrected chi connectivity index (χ3v) is 4.36. The van der Waals surface area contributed by atoms with Crippen LogP contribution >= 0.6 is 0 Å². The van der Waals surface area contributed by atoms with Crippen LogP contribution in [-0.4, -0.2) is 19.3 Å². The van der Waals surface area contributed by atoms with Gasteiger partial charge in [0.25, 0.3) is 0 Å². The van der Waals surface area contributed by atoms with Gasteiger partial charge in [-0.15, -0.1) is 0 Å². The lowest BCUT2D eigenvalue weighted by Gasteiger charge is -2.29. The van der Waals surface area contributed by atoms with Gasteiger partial charge in [0, 0.05) is 5.56 Å². The summed E-state index contributed by atoms with van der Waals surface area (Å²) in [6.45, 7) is 3.27. The first-order valence-electron chi connectivity index (χ1n) is 7.32. The Morgan fingerprint density at radius 2 is 2.00 bits per heavy atom. The average Bonchev–Trinajstić information content (AvgIpc) is 2.96. The lowest BCUT2D eigenvalue weighted by molar-refractivity contribution is 0.169. The number of hydrogen-bond acceptors (Lipinski definition) is 4. The molecule has 1 aromatic rings. The first-order valence-corrected chi connectivity index (χ1v) is 7.32. The van der Waals surface area contributed by atoms with E-state index in [1.807, 2.05) is 6.07 Å². The van der Waals surface area contributed by atoms with Crippen molar-refractivity contribution >= 4 is 6.08 Å². The van der Waals surface area contributed by atoms with E-state index >= 15 is 0 Å². The van der Waals surface area contributed by atoms with Gasteiger partial charge in [-0.25, -0.2) is 4.79 Å². The van der Waals surface area contributed by atoms with E-state index in [-0.39, 0.29) is 0 Å². The maximum absolute atomic E-state index is 10.9. The maximum Gasteiger partial charge on any atom is 0.235 e. The highest BCUT2D eigenvalue weighted by atomic mass is 16.6. The van der Waals surface area contributed by atoms with Crippen molar-refractivity contribution in [3.05, 3.63) is 23.3 Å². The van der Waals surface area contributed by atoms with E-state index < -0.39 is 5.54 Å². The molecule has 0 spiro atoms. The zero-order chi connectivity index (χ0) is 14.0. The van der Waals surface area contributed by atoms with Crippen LogP contribution in [0.15, 0.2) is 17.1 Å². The molecule has 1 aliphatic heterocycles. The molecular formula is C16H19NO3. The van der Waals surface area contributed by atoms with Gasteiger partial charge in [0.15, 0.2) is 11.5 Å². The van der Waals surface area contributed by atoms with Gasteiger partial charge >= 0.3 is 0 Å². The summed E-state index contributed by atoms with van der Waals surface area (Å²) in [5.74, 6) is 1.64. The van der Waals surface area contributed by atoms with Crippen LogP contribution < -0.4 is 9.47 Å². The third-order valence-electron chi connectivity index (χ3n) is 4.36. The minimum absolute atomic E-state index is 0.400. The second kappa shape index (κ2) is 5.29. The van der Waals surface area contributed by atoms with Gasteiger partial charge in [0.1, 0.15) is 13.2 Å². The summed E-state index contributed by atoms with van der Waals surface area (Å²) in [5, 5.41) is 0. The van der Waals surface area contributed by atoms with E-state index in [4.69, 9.17) is 9.47 Å². The summed E-state index contributed by atoms with van der Waals surface area (Å²) < 4.78 is 11.4. The Kier molecular flexibility index (Phi) is 3.49. The Morgan fingerprint density at radius 3 is 2.70 bits per heavy atom. The van der Waals surface area contributed by atoms with Crippen LogP contribution in [0.25, 0.3) is 0 Å². The van der Waals surface area contributed by atoms with E-state index in [2.05, 4.69) is 18.0 Å². The largest absolute Gasteiger partial charge is 0.486 e. The number of nitrogens with zero attached hydrogens (tertiary/aromatic N) is 1. The van der Waals surface area contributed by atoms with Crippen LogP contribution in [0.4, 0.5) is 0 Å². The van der Waals surface area contributed by atoms with Gasteiger partial charge < -0.3 is 9.47 Å². The maximum atomic E-state index is 10.9. The Morgan fingerprint density at radius 1 is 1.25 bits per heavy atom. The van der Waals surface area contributed by atoms with Crippen molar-refractivity contribution in [2.45, 2.75) is 44.6 Å². The molecule has 0 amide bonds. The standard InChI is InChI=1S/C16H19NO3/c1-2-12-13(16(17-11-18)7-3-4-8-16)5-6-14-15(12)20-10-9-19-14/h5-6H,2-4,7-10H2,1H3. The molecule has 0 bridgehead atoms. The number of carbonyl (C=O) groups excluding carboxylic acids is 1. The summed E-state index contributed by atoms with van der Waals surface area (Å²) in [6.07, 6.45) is 6.65. The van der Waals surface area contributed by atoms with Crippen LogP contribution in [0.5, 0.6) is 11.5 Å². The molecule has 4 heteroatoms. The quantitative estimate of drug-likeness (QED) is 0.628. The van der Waals surface area contributed by atoms with E-state index in [1.54, 1.807) is 6.08 Å². The van der Waals surface area contributed by atoms with Crippen LogP contribution in [0.3, 0.4) is 0 Å². The topological polar surface area (TPSA) is 47.9 Å². The zero-order valence-corrected chi connectivity index (χ0v) is 11.8. The van der Waals surface area contributed by atoms with Gasteiger partial charge in [0.2, 0.25) is 6.08 Å². The minimum Gasteiger partial charge on any atom is -0.486 e. The molecule has 20 heavy (non-hydrogen) atoms. The molecule has 4 nitrogen and oxygen atoms in total. The second-order valence-corrected chi connectivity index (χ2v) is 5.41. The summed E-state index contributed by atoms with van der Waals surface area (Å²) in [6, 6.07) is 4.00. The first-order chi connectivity index (χ1) is 9.80. The molecule has 0 saturated heterocycles. The van der Waals surface area contributed by atoms with E-state index in [0.717, 1.165) is 54.7 Å². The molecular weight excluding hydrogens is 254 g/mol. The molecule has 3 rings (SSSR count). The molecule has 1 aromatic carbocycles. The fourth-order valence-corrected chi connectivity index (χ4v) is 3.45. The second-order valence-electron chi connectivity index (χ2n) is 5.41. The summed E-state index contributed by atoms with van der Waals surface area (Å²) in [5.41, 5.74) is 1.84. The van der Waals surface area contributed by atoms with Crippen molar-refractivity contribution in [2.24, 2.45) is 4.99 Å². The van der Waals surface area contributed by atoms with Crippen LogP contribution in [-0.2, 0) is 16.8 Å². The van der Waals surface area contributed by atoms with Gasteiger partial charge in [-0.2, -0.15) is 4.99 Å². The van der Waals surface area contributed by atoms with E-state index in [9.17, 15) is 4.79 Å². The highest BCUT2D eigenvalue weighted by Crippen LogP contribution is 2.47. The first kappa shape index (κ1) is 13.2. The van der Waals surface area contributed by atoms with E-state index in [1.165, 1.54) is 0 Å². The Balaban J connectivity index is 2.15. The van der Waals surface area contributed by atoms with Crippen molar-refractivity contribution in [1.82, 2.24) is 0 Å². The lowest BCUT2D eigenvalue weighted by atomic mass is 9.84.